The zero-order chi connectivity index (χ0) is 15.5. The van der Waals surface area contributed by atoms with Crippen LogP contribution in [0.1, 0.15) is 17.0 Å². The van der Waals surface area contributed by atoms with Crippen molar-refractivity contribution in [2.75, 3.05) is 5.32 Å². The Morgan fingerprint density at radius 3 is 2.59 bits per heavy atom. The molecule has 5 nitrogen and oxygen atoms in total. The monoisotopic (exact) mass is 289 g/mol. The van der Waals surface area contributed by atoms with Gasteiger partial charge in [0.05, 0.1) is 29.2 Å². The minimum Gasteiger partial charge on any atom is -0.378 e. The molecule has 5 heteroatoms. The Hall–Kier alpha value is -3.13. The van der Waals surface area contributed by atoms with E-state index in [4.69, 9.17) is 5.26 Å². The number of hydrogen-bond acceptors (Lipinski definition) is 4. The van der Waals surface area contributed by atoms with Crippen LogP contribution in [0.2, 0.25) is 0 Å². The second kappa shape index (κ2) is 5.70. The molecule has 3 rings (SSSR count). The summed E-state index contributed by atoms with van der Waals surface area (Å²) in [5.74, 6) is 0.863. The number of benzene rings is 2. The van der Waals surface area contributed by atoms with E-state index in [1.54, 1.807) is 24.3 Å². The van der Waals surface area contributed by atoms with Gasteiger partial charge in [0.25, 0.3) is 0 Å². The van der Waals surface area contributed by atoms with Gasteiger partial charge >= 0.3 is 0 Å². The Bertz CT molecular complexity index is 872. The quantitative estimate of drug-likeness (QED) is 0.801. The molecule has 0 saturated heterocycles. The lowest BCUT2D eigenvalue weighted by molar-refractivity contribution is 0.563. The molecule has 2 aromatic carbocycles. The van der Waals surface area contributed by atoms with Crippen LogP contribution in [0.5, 0.6) is 0 Å². The second-order valence-corrected chi connectivity index (χ2v) is 4.94. The average Bonchev–Trinajstić information content (AvgIpc) is 2.89. The highest BCUT2D eigenvalue weighted by Crippen LogP contribution is 2.17. The number of imidazole rings is 1. The maximum absolute atomic E-state index is 10.7. The van der Waals surface area contributed by atoms with Crippen molar-refractivity contribution >= 4 is 23.0 Å². The molecule has 0 aliphatic carbocycles. The van der Waals surface area contributed by atoms with Crippen LogP contribution >= 0.6 is 0 Å². The molecule has 0 fully saturated rings. The normalized spacial score (nSPS) is 10.4. The molecular weight excluding hydrogens is 276 g/mol. The molecule has 1 heterocycles. The summed E-state index contributed by atoms with van der Waals surface area (Å²) in [4.78, 5) is 15.2. The van der Waals surface area contributed by atoms with E-state index in [1.165, 1.54) is 0 Å². The summed E-state index contributed by atoms with van der Waals surface area (Å²) >= 11 is 0. The Balaban J connectivity index is 1.82. The highest BCUT2D eigenvalue weighted by Gasteiger charge is 2.08. The fourth-order valence-corrected chi connectivity index (χ4v) is 2.32. The van der Waals surface area contributed by atoms with Crippen LogP contribution in [0.15, 0.2) is 42.5 Å². The largest absolute Gasteiger partial charge is 0.378 e. The van der Waals surface area contributed by atoms with Crippen LogP contribution < -0.4 is 5.32 Å². The summed E-state index contributed by atoms with van der Waals surface area (Å²) in [6, 6.07) is 14.7. The number of carbonyl (C=O) groups excluding carboxylic acids is 1. The number of aryl methyl sites for hydroxylation is 1. The fraction of sp³-hybridized carbons (Fsp3) is 0.118. The minimum atomic E-state index is 0.497. The van der Waals surface area contributed by atoms with Crippen LogP contribution in [0.3, 0.4) is 0 Å². The topological polar surface area (TPSA) is 70.7 Å². The number of aromatic nitrogens is 2. The Kier molecular flexibility index (Phi) is 3.58. The van der Waals surface area contributed by atoms with E-state index in [9.17, 15) is 4.79 Å². The number of nitrogens with one attached hydrogen (secondary N) is 1. The number of hydrogen-bond donors (Lipinski definition) is 1. The summed E-state index contributed by atoms with van der Waals surface area (Å²) in [5.41, 5.74) is 3.80. The summed E-state index contributed by atoms with van der Waals surface area (Å²) in [5, 5.41) is 12.1. The van der Waals surface area contributed by atoms with Crippen LogP contribution in [0.4, 0.5) is 5.69 Å². The van der Waals surface area contributed by atoms with Gasteiger partial charge in [-0.25, -0.2) is 4.98 Å². The third-order valence-electron chi connectivity index (χ3n) is 3.56. The van der Waals surface area contributed by atoms with Gasteiger partial charge < -0.3 is 9.88 Å². The Labute approximate surface area is 127 Å². The molecule has 0 bridgehead atoms. The molecule has 0 amide bonds. The first-order valence-electron chi connectivity index (χ1n) is 6.79. The molecular formula is C17H13N4O. The first-order chi connectivity index (χ1) is 10.7. The molecule has 0 aliphatic heterocycles. The van der Waals surface area contributed by atoms with E-state index in [-0.39, 0.29) is 0 Å². The summed E-state index contributed by atoms with van der Waals surface area (Å²) in [7, 11) is 1.94. The van der Waals surface area contributed by atoms with Crippen molar-refractivity contribution in [2.45, 2.75) is 6.54 Å². The lowest BCUT2D eigenvalue weighted by atomic mass is 10.2. The number of rotatable bonds is 4. The Morgan fingerprint density at radius 1 is 1.18 bits per heavy atom. The summed E-state index contributed by atoms with van der Waals surface area (Å²) < 4.78 is 1.99. The predicted molar refractivity (Wildman–Crippen MR) is 84.0 cm³/mol. The third kappa shape index (κ3) is 2.54. The third-order valence-corrected chi connectivity index (χ3v) is 3.56. The number of nitrogens with zero attached hydrogens (tertiary/aromatic N) is 3. The molecule has 0 saturated carbocycles. The Morgan fingerprint density at radius 2 is 1.91 bits per heavy atom. The second-order valence-electron chi connectivity index (χ2n) is 4.94. The van der Waals surface area contributed by atoms with Crippen molar-refractivity contribution in [3.05, 3.63) is 59.4 Å². The maximum atomic E-state index is 10.7. The van der Waals surface area contributed by atoms with Gasteiger partial charge in [-0.3, -0.25) is 4.79 Å². The van der Waals surface area contributed by atoms with E-state index in [2.05, 4.69) is 16.4 Å². The molecule has 0 aliphatic rings. The van der Waals surface area contributed by atoms with Gasteiger partial charge in [-0.15, -0.1) is 0 Å². The fourth-order valence-electron chi connectivity index (χ4n) is 2.32. The van der Waals surface area contributed by atoms with Crippen molar-refractivity contribution in [3.63, 3.8) is 0 Å². The molecule has 3 aromatic rings. The summed E-state index contributed by atoms with van der Waals surface area (Å²) in [6.07, 6.45) is 1.88. The lowest BCUT2D eigenvalue weighted by Gasteiger charge is -2.06. The van der Waals surface area contributed by atoms with E-state index >= 15 is 0 Å². The molecule has 22 heavy (non-hydrogen) atoms. The van der Waals surface area contributed by atoms with Gasteiger partial charge in [-0.05, 0) is 42.5 Å². The van der Waals surface area contributed by atoms with Gasteiger partial charge in [0.2, 0.25) is 6.29 Å². The standard InChI is InChI=1S/C17H13N4O/c1-21-16-7-4-13(11-22)8-15(16)20-17(21)10-19-14-5-2-12(9-18)3-6-14/h2-8,19H,10H2,1H3. The molecule has 0 spiro atoms. The van der Waals surface area contributed by atoms with Gasteiger partial charge in [-0.2, -0.15) is 5.26 Å². The van der Waals surface area contributed by atoms with Crippen molar-refractivity contribution in [3.8, 4) is 6.07 Å². The van der Waals surface area contributed by atoms with E-state index in [0.29, 0.717) is 17.7 Å². The van der Waals surface area contributed by atoms with Crippen LogP contribution in [0, 0.1) is 11.3 Å². The lowest BCUT2D eigenvalue weighted by Crippen LogP contribution is -2.05. The van der Waals surface area contributed by atoms with Crippen molar-refractivity contribution in [2.24, 2.45) is 7.05 Å². The van der Waals surface area contributed by atoms with Gasteiger partial charge in [0.1, 0.15) is 5.82 Å². The van der Waals surface area contributed by atoms with E-state index in [1.807, 2.05) is 36.1 Å². The summed E-state index contributed by atoms with van der Waals surface area (Å²) in [6.45, 7) is 0.553. The zero-order valence-electron chi connectivity index (χ0n) is 12.0. The SMILES string of the molecule is Cn1c(CNc2ccc(C#N)cc2)nc2cc([C]=O)ccc21. The van der Waals surface area contributed by atoms with Crippen LogP contribution in [-0.2, 0) is 18.4 Å². The molecule has 0 atom stereocenters. The predicted octanol–water partition coefficient (Wildman–Crippen LogP) is 2.51. The van der Waals surface area contributed by atoms with Gasteiger partial charge in [0, 0.05) is 18.3 Å². The van der Waals surface area contributed by atoms with Crippen molar-refractivity contribution < 1.29 is 4.79 Å². The molecule has 1 radical (unpaired) electrons. The number of fused-ring (bicyclic) bond motifs is 1. The molecule has 1 aromatic heterocycles. The number of nitriles is 1. The highest BCUT2D eigenvalue weighted by atomic mass is 16.1. The van der Waals surface area contributed by atoms with Crippen molar-refractivity contribution in [1.82, 2.24) is 9.55 Å². The molecule has 107 valence electrons. The minimum absolute atomic E-state index is 0.497. The first kappa shape index (κ1) is 13.8. The van der Waals surface area contributed by atoms with Gasteiger partial charge in [-0.1, -0.05) is 0 Å². The highest BCUT2D eigenvalue weighted by molar-refractivity contribution is 5.85. The van der Waals surface area contributed by atoms with Crippen LogP contribution in [-0.4, -0.2) is 15.8 Å². The first-order valence-corrected chi connectivity index (χ1v) is 6.79. The average molecular weight is 289 g/mol. The van der Waals surface area contributed by atoms with Crippen LogP contribution in [0.25, 0.3) is 11.0 Å². The smallest absolute Gasteiger partial charge is 0.233 e. The van der Waals surface area contributed by atoms with E-state index in [0.717, 1.165) is 22.5 Å². The zero-order valence-corrected chi connectivity index (χ0v) is 12.0. The van der Waals surface area contributed by atoms with Gasteiger partial charge in [0.15, 0.2) is 0 Å². The van der Waals surface area contributed by atoms with E-state index < -0.39 is 0 Å². The molecule has 1 N–H and O–H groups in total. The van der Waals surface area contributed by atoms with Crippen molar-refractivity contribution in [1.29, 1.82) is 5.26 Å². The number of anilines is 1. The molecule has 0 unspecified atom stereocenters. The maximum Gasteiger partial charge on any atom is 0.233 e.